The fourth-order valence-electron chi connectivity index (χ4n) is 3.47. The molecule has 3 aromatic carbocycles. The number of nitrogens with zero attached hydrogens (tertiary/aromatic N) is 1. The first kappa shape index (κ1) is 19.2. The quantitative estimate of drug-likeness (QED) is 0.393. The molecule has 0 atom stereocenters. The molecular formula is C26H25NO2. The Hall–Kier alpha value is -3.17. The minimum Gasteiger partial charge on any atom is -0.489 e. The van der Waals surface area contributed by atoms with E-state index in [4.69, 9.17) is 9.47 Å². The highest BCUT2D eigenvalue weighted by Crippen LogP contribution is 2.27. The van der Waals surface area contributed by atoms with Crippen molar-refractivity contribution in [3.05, 3.63) is 95.7 Å². The van der Waals surface area contributed by atoms with Gasteiger partial charge in [-0.25, -0.2) is 0 Å². The van der Waals surface area contributed by atoms with Crippen LogP contribution in [0, 0.1) is 6.92 Å². The van der Waals surface area contributed by atoms with Crippen molar-refractivity contribution in [3.8, 4) is 16.9 Å². The summed E-state index contributed by atoms with van der Waals surface area (Å²) < 4.78 is 11.1. The van der Waals surface area contributed by atoms with Gasteiger partial charge in [0.2, 0.25) is 0 Å². The second-order valence-electron chi connectivity index (χ2n) is 7.24. The minimum absolute atomic E-state index is 0.554. The lowest BCUT2D eigenvalue weighted by molar-refractivity contribution is 0.202. The van der Waals surface area contributed by atoms with Crippen molar-refractivity contribution in [3.63, 3.8) is 0 Å². The third-order valence-electron chi connectivity index (χ3n) is 5.11. The Balaban J connectivity index is 1.43. The summed E-state index contributed by atoms with van der Waals surface area (Å²) in [6, 6.07) is 25.3. The lowest BCUT2D eigenvalue weighted by Crippen LogP contribution is -1.97. The first-order chi connectivity index (χ1) is 14.2. The Kier molecular flexibility index (Phi) is 5.87. The summed E-state index contributed by atoms with van der Waals surface area (Å²) in [4.78, 5) is 4.48. The SMILES string of the molecule is COCCc1ccc(OCc2ccc(-c3cc(C)c4ncccc4c3)cc2)cc1. The molecule has 1 heterocycles. The number of hydrogen-bond acceptors (Lipinski definition) is 3. The molecule has 4 rings (SSSR count). The monoisotopic (exact) mass is 383 g/mol. The van der Waals surface area contributed by atoms with E-state index in [1.807, 2.05) is 24.4 Å². The van der Waals surface area contributed by atoms with Gasteiger partial charge in [-0.15, -0.1) is 0 Å². The lowest BCUT2D eigenvalue weighted by Gasteiger charge is -2.10. The van der Waals surface area contributed by atoms with Crippen LogP contribution in [0.4, 0.5) is 0 Å². The normalized spacial score (nSPS) is 11.0. The van der Waals surface area contributed by atoms with Crippen LogP contribution in [0.25, 0.3) is 22.0 Å². The molecule has 4 aromatic rings. The smallest absolute Gasteiger partial charge is 0.119 e. The van der Waals surface area contributed by atoms with Gasteiger partial charge in [0.05, 0.1) is 12.1 Å². The molecule has 0 amide bonds. The van der Waals surface area contributed by atoms with E-state index in [1.165, 1.54) is 27.6 Å². The molecule has 146 valence electrons. The summed E-state index contributed by atoms with van der Waals surface area (Å²) in [6.07, 6.45) is 2.76. The molecule has 3 nitrogen and oxygen atoms in total. The number of methoxy groups -OCH3 is 1. The number of pyridine rings is 1. The summed E-state index contributed by atoms with van der Waals surface area (Å²) in [5.74, 6) is 0.882. The van der Waals surface area contributed by atoms with Crippen LogP contribution in [-0.2, 0) is 17.8 Å². The van der Waals surface area contributed by atoms with Crippen LogP contribution in [0.15, 0.2) is 79.0 Å². The van der Waals surface area contributed by atoms with Gasteiger partial charge < -0.3 is 9.47 Å². The van der Waals surface area contributed by atoms with E-state index in [2.05, 4.69) is 66.5 Å². The van der Waals surface area contributed by atoms with Crippen molar-refractivity contribution < 1.29 is 9.47 Å². The zero-order chi connectivity index (χ0) is 20.1. The number of hydrogen-bond donors (Lipinski definition) is 0. The van der Waals surface area contributed by atoms with E-state index in [-0.39, 0.29) is 0 Å². The summed E-state index contributed by atoms with van der Waals surface area (Å²) in [5.41, 5.74) is 7.07. The van der Waals surface area contributed by atoms with Crippen LogP contribution in [0.2, 0.25) is 0 Å². The molecule has 0 aliphatic heterocycles. The molecule has 0 aliphatic carbocycles. The van der Waals surface area contributed by atoms with Gasteiger partial charge in [-0.05, 0) is 71.5 Å². The van der Waals surface area contributed by atoms with E-state index >= 15 is 0 Å². The standard InChI is InChI=1S/C26H25NO2/c1-19-16-24(17-23-4-3-14-27-26(19)23)22-9-5-21(6-10-22)18-29-25-11-7-20(8-12-25)13-15-28-2/h3-12,14,16-17H,13,15,18H2,1-2H3. The average Bonchev–Trinajstić information content (AvgIpc) is 2.77. The van der Waals surface area contributed by atoms with Gasteiger partial charge in [0, 0.05) is 18.7 Å². The van der Waals surface area contributed by atoms with Crippen molar-refractivity contribution in [1.82, 2.24) is 4.98 Å². The van der Waals surface area contributed by atoms with Crippen molar-refractivity contribution in [1.29, 1.82) is 0 Å². The van der Waals surface area contributed by atoms with E-state index in [0.717, 1.165) is 29.9 Å². The van der Waals surface area contributed by atoms with Crippen molar-refractivity contribution in [2.24, 2.45) is 0 Å². The second kappa shape index (κ2) is 8.89. The zero-order valence-electron chi connectivity index (χ0n) is 16.9. The van der Waals surface area contributed by atoms with E-state index in [1.54, 1.807) is 7.11 Å². The Morgan fingerprint density at radius 2 is 1.59 bits per heavy atom. The summed E-state index contributed by atoms with van der Waals surface area (Å²) in [7, 11) is 1.72. The largest absolute Gasteiger partial charge is 0.489 e. The highest BCUT2D eigenvalue weighted by atomic mass is 16.5. The lowest BCUT2D eigenvalue weighted by atomic mass is 9.99. The number of aromatic nitrogens is 1. The third kappa shape index (κ3) is 4.64. The molecule has 0 radical (unpaired) electrons. The van der Waals surface area contributed by atoms with Gasteiger partial charge in [0.15, 0.2) is 0 Å². The summed E-state index contributed by atoms with van der Waals surface area (Å²) in [6.45, 7) is 3.40. The van der Waals surface area contributed by atoms with Crippen LogP contribution in [0.3, 0.4) is 0 Å². The topological polar surface area (TPSA) is 31.4 Å². The van der Waals surface area contributed by atoms with Gasteiger partial charge in [-0.2, -0.15) is 0 Å². The van der Waals surface area contributed by atoms with Gasteiger partial charge >= 0.3 is 0 Å². The highest BCUT2D eigenvalue weighted by molar-refractivity contribution is 5.87. The maximum Gasteiger partial charge on any atom is 0.119 e. The molecule has 0 fully saturated rings. The van der Waals surface area contributed by atoms with Gasteiger partial charge in [-0.1, -0.05) is 42.5 Å². The maximum absolute atomic E-state index is 5.93. The molecule has 0 bridgehead atoms. The molecule has 0 spiro atoms. The molecule has 29 heavy (non-hydrogen) atoms. The number of fused-ring (bicyclic) bond motifs is 1. The maximum atomic E-state index is 5.93. The molecule has 1 aromatic heterocycles. The van der Waals surface area contributed by atoms with Crippen molar-refractivity contribution in [2.45, 2.75) is 20.0 Å². The molecular weight excluding hydrogens is 358 g/mol. The van der Waals surface area contributed by atoms with Crippen LogP contribution >= 0.6 is 0 Å². The molecule has 0 saturated heterocycles. The predicted octanol–water partition coefficient (Wildman–Crippen LogP) is 5.98. The van der Waals surface area contributed by atoms with Crippen LogP contribution in [-0.4, -0.2) is 18.7 Å². The Morgan fingerprint density at radius 1 is 0.828 bits per heavy atom. The van der Waals surface area contributed by atoms with Crippen LogP contribution in [0.5, 0.6) is 5.75 Å². The van der Waals surface area contributed by atoms with E-state index < -0.39 is 0 Å². The Morgan fingerprint density at radius 3 is 2.34 bits per heavy atom. The van der Waals surface area contributed by atoms with Crippen LogP contribution < -0.4 is 4.74 Å². The number of ether oxygens (including phenoxy) is 2. The van der Waals surface area contributed by atoms with Crippen LogP contribution in [0.1, 0.15) is 16.7 Å². The second-order valence-corrected chi connectivity index (χ2v) is 7.24. The minimum atomic E-state index is 0.554. The average molecular weight is 383 g/mol. The van der Waals surface area contributed by atoms with Gasteiger partial charge in [0.25, 0.3) is 0 Å². The first-order valence-electron chi connectivity index (χ1n) is 9.88. The Labute approximate surface area is 171 Å². The zero-order valence-corrected chi connectivity index (χ0v) is 16.9. The number of benzene rings is 3. The van der Waals surface area contributed by atoms with Crippen molar-refractivity contribution >= 4 is 10.9 Å². The fraction of sp³-hybridized carbons (Fsp3) is 0.192. The van der Waals surface area contributed by atoms with Crippen molar-refractivity contribution in [2.75, 3.05) is 13.7 Å². The summed E-state index contributed by atoms with van der Waals surface area (Å²) in [5, 5.41) is 1.17. The van der Waals surface area contributed by atoms with E-state index in [0.29, 0.717) is 6.61 Å². The number of rotatable bonds is 7. The Bertz CT molecular complexity index is 1090. The molecule has 0 unspecified atom stereocenters. The third-order valence-corrected chi connectivity index (χ3v) is 5.11. The molecule has 3 heteroatoms. The first-order valence-corrected chi connectivity index (χ1v) is 9.88. The highest BCUT2D eigenvalue weighted by Gasteiger charge is 2.05. The van der Waals surface area contributed by atoms with E-state index in [9.17, 15) is 0 Å². The molecule has 0 saturated carbocycles. The van der Waals surface area contributed by atoms with Gasteiger partial charge in [0.1, 0.15) is 12.4 Å². The van der Waals surface area contributed by atoms with Gasteiger partial charge in [-0.3, -0.25) is 4.98 Å². The number of aryl methyl sites for hydroxylation is 1. The molecule has 0 N–H and O–H groups in total. The summed E-state index contributed by atoms with van der Waals surface area (Å²) >= 11 is 0. The fourth-order valence-corrected chi connectivity index (χ4v) is 3.47. The predicted molar refractivity (Wildman–Crippen MR) is 118 cm³/mol. The molecule has 0 aliphatic rings.